The zero-order valence-corrected chi connectivity index (χ0v) is 14.3. The summed E-state index contributed by atoms with van der Waals surface area (Å²) in [5.41, 5.74) is 0. The smallest absolute Gasteiger partial charge is 0.250 e. The van der Waals surface area contributed by atoms with Crippen molar-refractivity contribution < 1.29 is 17.6 Å². The van der Waals surface area contributed by atoms with Crippen LogP contribution in [-0.4, -0.2) is 40.9 Å². The molecule has 130 valence electrons. The average molecular weight is 352 g/mol. The lowest BCUT2D eigenvalue weighted by molar-refractivity contribution is -0.119. The molecule has 24 heavy (non-hydrogen) atoms. The number of carbonyl (C=O) groups is 1. The number of nitrogens with one attached hydrogen (secondary N) is 1. The molecule has 2 heterocycles. The first kappa shape index (κ1) is 16.7. The standard InChI is InChI=1S/C15H20N4O4S/c1-2-19-14(12-8-5-9-23-12)17-18-15(19)24(21,22)10-13(20)16-11-6-3-4-7-11/h5,8-9,11H,2-4,6-7,10H2,1H3,(H,16,20). The number of amides is 1. The van der Waals surface area contributed by atoms with Gasteiger partial charge in [0.15, 0.2) is 5.76 Å². The van der Waals surface area contributed by atoms with Gasteiger partial charge in [0.25, 0.3) is 5.16 Å². The molecule has 3 rings (SSSR count). The highest BCUT2D eigenvalue weighted by Gasteiger charge is 2.29. The van der Waals surface area contributed by atoms with Crippen LogP contribution in [0, 0.1) is 0 Å². The van der Waals surface area contributed by atoms with Crippen LogP contribution in [0.3, 0.4) is 0 Å². The molecule has 8 nitrogen and oxygen atoms in total. The zero-order chi connectivity index (χ0) is 17.2. The van der Waals surface area contributed by atoms with E-state index in [1.165, 1.54) is 10.8 Å². The van der Waals surface area contributed by atoms with E-state index in [-0.39, 0.29) is 11.2 Å². The Hall–Kier alpha value is -2.16. The van der Waals surface area contributed by atoms with Gasteiger partial charge < -0.3 is 9.73 Å². The van der Waals surface area contributed by atoms with Crippen LogP contribution in [0.5, 0.6) is 0 Å². The van der Waals surface area contributed by atoms with Crippen molar-refractivity contribution in [2.45, 2.75) is 50.4 Å². The fourth-order valence-corrected chi connectivity index (χ4v) is 4.24. The van der Waals surface area contributed by atoms with Gasteiger partial charge in [-0.15, -0.1) is 10.2 Å². The van der Waals surface area contributed by atoms with Gasteiger partial charge in [-0.05, 0) is 31.9 Å². The predicted molar refractivity (Wildman–Crippen MR) is 85.8 cm³/mol. The van der Waals surface area contributed by atoms with Crippen molar-refractivity contribution in [2.75, 3.05) is 5.75 Å². The minimum absolute atomic E-state index is 0.0791. The van der Waals surface area contributed by atoms with E-state index in [0.717, 1.165) is 25.7 Å². The Labute approximate surface area is 140 Å². The Morgan fingerprint density at radius 2 is 2.12 bits per heavy atom. The van der Waals surface area contributed by atoms with Gasteiger partial charge in [0, 0.05) is 12.6 Å². The van der Waals surface area contributed by atoms with Crippen molar-refractivity contribution in [2.24, 2.45) is 0 Å². The summed E-state index contributed by atoms with van der Waals surface area (Å²) in [6.07, 6.45) is 5.41. The van der Waals surface area contributed by atoms with E-state index in [9.17, 15) is 13.2 Å². The topological polar surface area (TPSA) is 107 Å². The largest absolute Gasteiger partial charge is 0.461 e. The SMILES string of the molecule is CCn1c(-c2ccco2)nnc1S(=O)(=O)CC(=O)NC1CCCC1. The van der Waals surface area contributed by atoms with E-state index in [1.54, 1.807) is 19.1 Å². The molecule has 0 unspecified atom stereocenters. The Balaban J connectivity index is 1.80. The van der Waals surface area contributed by atoms with Crippen LogP contribution in [0.1, 0.15) is 32.6 Å². The van der Waals surface area contributed by atoms with Crippen LogP contribution in [0.2, 0.25) is 0 Å². The van der Waals surface area contributed by atoms with Gasteiger partial charge in [-0.3, -0.25) is 9.36 Å². The monoisotopic (exact) mass is 352 g/mol. The maximum Gasteiger partial charge on any atom is 0.250 e. The Kier molecular flexibility index (Phi) is 4.70. The van der Waals surface area contributed by atoms with Crippen molar-refractivity contribution in [1.29, 1.82) is 0 Å². The summed E-state index contributed by atoms with van der Waals surface area (Å²) in [5.74, 6) is -0.356. The van der Waals surface area contributed by atoms with Crippen LogP contribution in [0.4, 0.5) is 0 Å². The minimum atomic E-state index is -3.88. The molecule has 1 N–H and O–H groups in total. The third-order valence-corrected chi connectivity index (χ3v) is 5.59. The molecule has 9 heteroatoms. The van der Waals surface area contributed by atoms with Gasteiger partial charge in [-0.1, -0.05) is 12.8 Å². The van der Waals surface area contributed by atoms with Crippen LogP contribution in [0.15, 0.2) is 28.0 Å². The molecule has 0 aromatic carbocycles. The van der Waals surface area contributed by atoms with Crippen molar-refractivity contribution >= 4 is 15.7 Å². The molecule has 0 aliphatic heterocycles. The average Bonchev–Trinajstić information content (AvgIpc) is 3.26. The minimum Gasteiger partial charge on any atom is -0.461 e. The molecular weight excluding hydrogens is 332 g/mol. The first-order chi connectivity index (χ1) is 11.5. The fourth-order valence-electron chi connectivity index (χ4n) is 2.97. The number of sulfone groups is 1. The van der Waals surface area contributed by atoms with Crippen molar-refractivity contribution in [3.05, 3.63) is 18.4 Å². The van der Waals surface area contributed by atoms with E-state index >= 15 is 0 Å². The normalized spacial score (nSPS) is 15.7. The highest BCUT2D eigenvalue weighted by molar-refractivity contribution is 7.91. The summed E-state index contributed by atoms with van der Waals surface area (Å²) >= 11 is 0. The second-order valence-electron chi connectivity index (χ2n) is 5.84. The molecule has 1 saturated carbocycles. The van der Waals surface area contributed by atoms with Gasteiger partial charge >= 0.3 is 0 Å². The van der Waals surface area contributed by atoms with Crippen LogP contribution < -0.4 is 5.32 Å². The summed E-state index contributed by atoms with van der Waals surface area (Å²) in [5, 5.41) is 10.3. The van der Waals surface area contributed by atoms with Gasteiger partial charge in [0.05, 0.1) is 6.26 Å². The van der Waals surface area contributed by atoms with E-state index in [4.69, 9.17) is 4.42 Å². The number of carbonyl (C=O) groups excluding carboxylic acids is 1. The first-order valence-corrected chi connectivity index (χ1v) is 9.65. The van der Waals surface area contributed by atoms with E-state index < -0.39 is 21.5 Å². The summed E-state index contributed by atoms with van der Waals surface area (Å²) in [6, 6.07) is 3.45. The maximum absolute atomic E-state index is 12.6. The molecule has 1 amide bonds. The Bertz CT molecular complexity index is 805. The lowest BCUT2D eigenvalue weighted by Crippen LogP contribution is -2.37. The molecule has 0 bridgehead atoms. The van der Waals surface area contributed by atoms with Crippen molar-refractivity contribution in [3.63, 3.8) is 0 Å². The van der Waals surface area contributed by atoms with E-state index in [1.807, 2.05) is 0 Å². The Morgan fingerprint density at radius 3 is 2.75 bits per heavy atom. The third kappa shape index (κ3) is 3.35. The molecule has 0 radical (unpaired) electrons. The fraction of sp³-hybridized carbons (Fsp3) is 0.533. The number of hydrogen-bond acceptors (Lipinski definition) is 6. The number of nitrogens with zero attached hydrogens (tertiary/aromatic N) is 3. The summed E-state index contributed by atoms with van der Waals surface area (Å²) in [7, 11) is -3.88. The van der Waals surface area contributed by atoms with Crippen LogP contribution in [-0.2, 0) is 21.2 Å². The molecule has 0 spiro atoms. The van der Waals surface area contributed by atoms with Crippen LogP contribution in [0.25, 0.3) is 11.6 Å². The van der Waals surface area contributed by atoms with E-state index in [2.05, 4.69) is 15.5 Å². The number of hydrogen-bond donors (Lipinski definition) is 1. The maximum atomic E-state index is 12.6. The van der Waals surface area contributed by atoms with Gasteiger partial charge in [0.2, 0.25) is 21.6 Å². The van der Waals surface area contributed by atoms with Gasteiger partial charge in [0.1, 0.15) is 5.75 Å². The van der Waals surface area contributed by atoms with Crippen LogP contribution >= 0.6 is 0 Å². The molecule has 1 fully saturated rings. The number of aromatic nitrogens is 3. The molecule has 0 atom stereocenters. The quantitative estimate of drug-likeness (QED) is 0.842. The van der Waals surface area contributed by atoms with Gasteiger partial charge in [-0.2, -0.15) is 0 Å². The second-order valence-corrected chi connectivity index (χ2v) is 7.72. The summed E-state index contributed by atoms with van der Waals surface area (Å²) < 4.78 is 31.8. The lowest BCUT2D eigenvalue weighted by atomic mass is 10.2. The third-order valence-electron chi connectivity index (χ3n) is 4.09. The Morgan fingerprint density at radius 1 is 1.38 bits per heavy atom. The summed E-state index contributed by atoms with van der Waals surface area (Å²) in [6.45, 7) is 2.13. The van der Waals surface area contributed by atoms with Crippen molar-refractivity contribution in [1.82, 2.24) is 20.1 Å². The summed E-state index contributed by atoms with van der Waals surface area (Å²) in [4.78, 5) is 12.1. The molecule has 2 aromatic rings. The first-order valence-electron chi connectivity index (χ1n) is 8.00. The van der Waals surface area contributed by atoms with Gasteiger partial charge in [-0.25, -0.2) is 8.42 Å². The highest BCUT2D eigenvalue weighted by atomic mass is 32.2. The molecular formula is C15H20N4O4S. The zero-order valence-electron chi connectivity index (χ0n) is 13.4. The number of furan rings is 1. The molecule has 1 aliphatic carbocycles. The van der Waals surface area contributed by atoms with E-state index in [0.29, 0.717) is 18.1 Å². The second kappa shape index (κ2) is 6.76. The molecule has 0 saturated heterocycles. The lowest BCUT2D eigenvalue weighted by Gasteiger charge is -2.12. The highest BCUT2D eigenvalue weighted by Crippen LogP contribution is 2.22. The number of rotatable bonds is 6. The predicted octanol–water partition coefficient (Wildman–Crippen LogP) is 1.39. The molecule has 2 aromatic heterocycles. The molecule has 1 aliphatic rings. The van der Waals surface area contributed by atoms with Crippen molar-refractivity contribution in [3.8, 4) is 11.6 Å².